The predicted molar refractivity (Wildman–Crippen MR) is 99.1 cm³/mol. The SMILES string of the molecule is O=C(Cc1ccc2c(c1)OCO2)NCCNc1cc(-n2cccc2)ncn1. The van der Waals surface area contributed by atoms with E-state index >= 15 is 0 Å². The summed E-state index contributed by atoms with van der Waals surface area (Å²) >= 11 is 0. The highest BCUT2D eigenvalue weighted by Crippen LogP contribution is 2.32. The molecule has 0 aliphatic carbocycles. The van der Waals surface area contributed by atoms with E-state index in [-0.39, 0.29) is 12.7 Å². The van der Waals surface area contributed by atoms with Crippen molar-refractivity contribution in [3.63, 3.8) is 0 Å². The molecular formula is C19H19N5O3. The second kappa shape index (κ2) is 7.77. The standard InChI is InChI=1S/C19H19N5O3/c25-19(10-14-3-4-15-16(9-14)27-13-26-15)21-6-5-20-17-11-18(23-12-22-17)24-7-1-2-8-24/h1-4,7-9,11-12H,5-6,10,13H2,(H,21,25)(H,20,22,23). The summed E-state index contributed by atoms with van der Waals surface area (Å²) in [6.45, 7) is 1.28. The maximum absolute atomic E-state index is 12.1. The number of rotatable bonds is 7. The first-order valence-corrected chi connectivity index (χ1v) is 8.62. The lowest BCUT2D eigenvalue weighted by Gasteiger charge is -2.09. The molecule has 2 aromatic heterocycles. The van der Waals surface area contributed by atoms with Crippen molar-refractivity contribution in [1.29, 1.82) is 0 Å². The Hall–Kier alpha value is -3.55. The lowest BCUT2D eigenvalue weighted by molar-refractivity contribution is -0.120. The Morgan fingerprint density at radius 2 is 1.93 bits per heavy atom. The van der Waals surface area contributed by atoms with Gasteiger partial charge in [-0.05, 0) is 29.8 Å². The van der Waals surface area contributed by atoms with Gasteiger partial charge in [0.1, 0.15) is 18.0 Å². The van der Waals surface area contributed by atoms with Crippen LogP contribution in [0.4, 0.5) is 5.82 Å². The number of benzene rings is 1. The van der Waals surface area contributed by atoms with Gasteiger partial charge in [-0.25, -0.2) is 9.97 Å². The molecule has 0 saturated carbocycles. The molecule has 27 heavy (non-hydrogen) atoms. The first kappa shape index (κ1) is 16.9. The molecule has 8 heteroatoms. The summed E-state index contributed by atoms with van der Waals surface area (Å²) in [5.41, 5.74) is 0.886. The van der Waals surface area contributed by atoms with Gasteiger partial charge < -0.3 is 24.7 Å². The van der Waals surface area contributed by atoms with Gasteiger partial charge in [0, 0.05) is 31.5 Å². The molecule has 0 bridgehead atoms. The second-order valence-corrected chi connectivity index (χ2v) is 5.99. The molecule has 0 unspecified atom stereocenters. The van der Waals surface area contributed by atoms with Crippen molar-refractivity contribution in [2.45, 2.75) is 6.42 Å². The molecule has 2 N–H and O–H groups in total. The van der Waals surface area contributed by atoms with Crippen LogP contribution in [0.2, 0.25) is 0 Å². The van der Waals surface area contributed by atoms with E-state index in [4.69, 9.17) is 9.47 Å². The van der Waals surface area contributed by atoms with E-state index in [0.717, 1.165) is 11.4 Å². The van der Waals surface area contributed by atoms with Gasteiger partial charge >= 0.3 is 0 Å². The Morgan fingerprint density at radius 3 is 2.81 bits per heavy atom. The summed E-state index contributed by atoms with van der Waals surface area (Å²) in [6.07, 6.45) is 5.64. The highest BCUT2D eigenvalue weighted by Gasteiger charge is 2.14. The molecule has 1 aliphatic rings. The van der Waals surface area contributed by atoms with Crippen LogP contribution in [0.5, 0.6) is 11.5 Å². The minimum Gasteiger partial charge on any atom is -0.454 e. The van der Waals surface area contributed by atoms with Gasteiger partial charge in [0.05, 0.1) is 6.42 Å². The number of amides is 1. The van der Waals surface area contributed by atoms with Gasteiger partial charge in [-0.15, -0.1) is 0 Å². The number of carbonyl (C=O) groups excluding carboxylic acids is 1. The lowest BCUT2D eigenvalue weighted by Crippen LogP contribution is -2.30. The van der Waals surface area contributed by atoms with E-state index in [2.05, 4.69) is 20.6 Å². The number of nitrogens with one attached hydrogen (secondary N) is 2. The zero-order chi connectivity index (χ0) is 18.5. The largest absolute Gasteiger partial charge is 0.454 e. The molecule has 1 amide bonds. The predicted octanol–water partition coefficient (Wildman–Crippen LogP) is 1.77. The molecule has 1 aromatic carbocycles. The van der Waals surface area contributed by atoms with Crippen molar-refractivity contribution in [2.24, 2.45) is 0 Å². The molecule has 0 spiro atoms. The molecule has 8 nitrogen and oxygen atoms in total. The van der Waals surface area contributed by atoms with E-state index in [0.29, 0.717) is 36.8 Å². The fraction of sp³-hybridized carbons (Fsp3) is 0.211. The van der Waals surface area contributed by atoms with Crippen LogP contribution in [0, 0.1) is 0 Å². The van der Waals surface area contributed by atoms with E-state index in [1.807, 2.05) is 53.4 Å². The smallest absolute Gasteiger partial charge is 0.231 e. The molecule has 4 rings (SSSR count). The first-order valence-electron chi connectivity index (χ1n) is 8.62. The average Bonchev–Trinajstić information content (AvgIpc) is 3.37. The number of anilines is 1. The van der Waals surface area contributed by atoms with E-state index in [9.17, 15) is 4.79 Å². The molecular weight excluding hydrogens is 346 g/mol. The van der Waals surface area contributed by atoms with Crippen LogP contribution < -0.4 is 20.1 Å². The molecule has 3 aromatic rings. The monoisotopic (exact) mass is 365 g/mol. The van der Waals surface area contributed by atoms with E-state index in [1.54, 1.807) is 0 Å². The number of ether oxygens (including phenoxy) is 2. The Kier molecular flexibility index (Phi) is 4.86. The molecule has 0 atom stereocenters. The first-order chi connectivity index (χ1) is 13.3. The molecule has 0 saturated heterocycles. The third-order valence-electron chi connectivity index (χ3n) is 4.08. The summed E-state index contributed by atoms with van der Waals surface area (Å²) in [4.78, 5) is 20.5. The van der Waals surface area contributed by atoms with Crippen molar-refractivity contribution >= 4 is 11.7 Å². The Labute approximate surface area is 156 Å². The van der Waals surface area contributed by atoms with Gasteiger partial charge in [-0.1, -0.05) is 6.07 Å². The average molecular weight is 365 g/mol. The fourth-order valence-electron chi connectivity index (χ4n) is 2.76. The van der Waals surface area contributed by atoms with Crippen LogP contribution in [0.25, 0.3) is 5.82 Å². The molecule has 0 radical (unpaired) electrons. The van der Waals surface area contributed by atoms with Crippen molar-refractivity contribution in [1.82, 2.24) is 19.9 Å². The normalized spacial score (nSPS) is 12.0. The quantitative estimate of drug-likeness (QED) is 0.620. The minimum atomic E-state index is -0.0496. The fourth-order valence-corrected chi connectivity index (χ4v) is 2.76. The number of hydrogen-bond acceptors (Lipinski definition) is 6. The number of fused-ring (bicyclic) bond motifs is 1. The van der Waals surface area contributed by atoms with Crippen LogP contribution >= 0.6 is 0 Å². The maximum Gasteiger partial charge on any atom is 0.231 e. The van der Waals surface area contributed by atoms with Gasteiger partial charge in [-0.3, -0.25) is 4.79 Å². The van der Waals surface area contributed by atoms with Gasteiger partial charge in [0.15, 0.2) is 11.5 Å². The van der Waals surface area contributed by atoms with Crippen molar-refractivity contribution in [2.75, 3.05) is 25.2 Å². The molecule has 3 heterocycles. The Balaban J connectivity index is 1.23. The van der Waals surface area contributed by atoms with E-state index < -0.39 is 0 Å². The molecule has 138 valence electrons. The van der Waals surface area contributed by atoms with Gasteiger partial charge in [-0.2, -0.15) is 0 Å². The third-order valence-corrected chi connectivity index (χ3v) is 4.08. The second-order valence-electron chi connectivity index (χ2n) is 5.99. The summed E-state index contributed by atoms with van der Waals surface area (Å²) in [6, 6.07) is 11.3. The summed E-state index contributed by atoms with van der Waals surface area (Å²) in [7, 11) is 0. The highest BCUT2D eigenvalue weighted by molar-refractivity contribution is 5.78. The van der Waals surface area contributed by atoms with Crippen LogP contribution in [0.3, 0.4) is 0 Å². The molecule has 1 aliphatic heterocycles. The Bertz CT molecular complexity index is 927. The number of nitrogens with zero attached hydrogens (tertiary/aromatic N) is 3. The van der Waals surface area contributed by atoms with Crippen molar-refractivity contribution in [3.8, 4) is 17.3 Å². The van der Waals surface area contributed by atoms with Crippen molar-refractivity contribution < 1.29 is 14.3 Å². The lowest BCUT2D eigenvalue weighted by atomic mass is 10.1. The van der Waals surface area contributed by atoms with Gasteiger partial charge in [0.25, 0.3) is 0 Å². The van der Waals surface area contributed by atoms with Crippen LogP contribution in [-0.2, 0) is 11.2 Å². The van der Waals surface area contributed by atoms with Crippen molar-refractivity contribution in [3.05, 3.63) is 60.7 Å². The van der Waals surface area contributed by atoms with E-state index in [1.165, 1.54) is 6.33 Å². The minimum absolute atomic E-state index is 0.0496. The third kappa shape index (κ3) is 4.17. The van der Waals surface area contributed by atoms with Gasteiger partial charge in [0.2, 0.25) is 12.7 Å². The summed E-state index contributed by atoms with van der Waals surface area (Å²) in [5.74, 6) is 2.84. The number of hydrogen-bond donors (Lipinski definition) is 2. The van der Waals surface area contributed by atoms with Crippen LogP contribution in [0.1, 0.15) is 5.56 Å². The maximum atomic E-state index is 12.1. The topological polar surface area (TPSA) is 90.3 Å². The van der Waals surface area contributed by atoms with Crippen LogP contribution in [0.15, 0.2) is 55.1 Å². The zero-order valence-electron chi connectivity index (χ0n) is 14.6. The van der Waals surface area contributed by atoms with Crippen LogP contribution in [-0.4, -0.2) is 40.3 Å². The Morgan fingerprint density at radius 1 is 1.07 bits per heavy atom. The number of carbonyl (C=O) groups is 1. The zero-order valence-corrected chi connectivity index (χ0v) is 14.6. The molecule has 0 fully saturated rings. The number of aromatic nitrogens is 3. The summed E-state index contributed by atoms with van der Waals surface area (Å²) < 4.78 is 12.5. The summed E-state index contributed by atoms with van der Waals surface area (Å²) in [5, 5.41) is 6.07. The highest BCUT2D eigenvalue weighted by atomic mass is 16.7.